The highest BCUT2D eigenvalue weighted by Gasteiger charge is 2.14. The molecule has 3 N–H and O–H groups in total. The van der Waals surface area contributed by atoms with Crippen molar-refractivity contribution < 1.29 is 9.59 Å². The van der Waals surface area contributed by atoms with Crippen molar-refractivity contribution in [2.45, 2.75) is 13.0 Å². The third kappa shape index (κ3) is 3.15. The molecule has 0 bridgehead atoms. The van der Waals surface area contributed by atoms with Crippen LogP contribution >= 0.6 is 0 Å². The highest BCUT2D eigenvalue weighted by Crippen LogP contribution is 2.18. The minimum Gasteiger partial charge on any atom is -0.355 e. The average molecular weight is 321 g/mol. The van der Waals surface area contributed by atoms with E-state index in [1.165, 1.54) is 0 Å². The monoisotopic (exact) mass is 321 g/mol. The molecule has 0 aliphatic rings. The van der Waals surface area contributed by atoms with Crippen molar-refractivity contribution in [1.29, 1.82) is 0 Å². The summed E-state index contributed by atoms with van der Waals surface area (Å²) in [5.74, 6) is -0.328. The molecule has 0 spiro atoms. The van der Waals surface area contributed by atoms with Gasteiger partial charge >= 0.3 is 0 Å². The van der Waals surface area contributed by atoms with Crippen LogP contribution in [0.5, 0.6) is 0 Å². The number of benzene rings is 2. The summed E-state index contributed by atoms with van der Waals surface area (Å²) >= 11 is 0. The first-order valence-electron chi connectivity index (χ1n) is 7.79. The third-order valence-electron chi connectivity index (χ3n) is 4.00. The fourth-order valence-electron chi connectivity index (χ4n) is 2.64. The number of hydrogen-bond acceptors (Lipinski definition) is 2. The van der Waals surface area contributed by atoms with Gasteiger partial charge < -0.3 is 15.6 Å². The molecule has 1 heterocycles. The molecule has 0 radical (unpaired) electrons. The van der Waals surface area contributed by atoms with E-state index < -0.39 is 0 Å². The van der Waals surface area contributed by atoms with E-state index in [1.807, 2.05) is 37.3 Å². The molecule has 1 unspecified atom stereocenters. The maximum Gasteiger partial charge on any atom is 0.268 e. The molecule has 1 atom stereocenters. The van der Waals surface area contributed by atoms with Crippen molar-refractivity contribution in [3.8, 4) is 0 Å². The molecule has 3 rings (SSSR count). The zero-order chi connectivity index (χ0) is 17.1. The van der Waals surface area contributed by atoms with E-state index in [9.17, 15) is 9.59 Å². The predicted octanol–water partition coefficient (Wildman–Crippen LogP) is 3.02. The number of carbonyl (C=O) groups is 2. The van der Waals surface area contributed by atoms with Crippen LogP contribution in [0.3, 0.4) is 0 Å². The number of aromatic amines is 1. The number of H-pyrrole nitrogens is 1. The van der Waals surface area contributed by atoms with Gasteiger partial charge in [-0.05, 0) is 36.8 Å². The second kappa shape index (κ2) is 6.58. The zero-order valence-corrected chi connectivity index (χ0v) is 13.6. The van der Waals surface area contributed by atoms with Crippen LogP contribution in [0.15, 0.2) is 54.6 Å². The van der Waals surface area contributed by atoms with E-state index in [0.29, 0.717) is 11.3 Å². The Kier molecular flexibility index (Phi) is 4.33. The molecule has 2 amide bonds. The van der Waals surface area contributed by atoms with Crippen molar-refractivity contribution in [1.82, 2.24) is 15.6 Å². The maximum atomic E-state index is 12.5. The highest BCUT2D eigenvalue weighted by molar-refractivity contribution is 6.01. The van der Waals surface area contributed by atoms with E-state index in [-0.39, 0.29) is 17.9 Å². The van der Waals surface area contributed by atoms with Gasteiger partial charge in [0.15, 0.2) is 0 Å². The molecule has 0 saturated heterocycles. The number of aromatic nitrogens is 1. The summed E-state index contributed by atoms with van der Waals surface area (Å²) in [4.78, 5) is 27.2. The quantitative estimate of drug-likeness (QED) is 0.691. The Morgan fingerprint density at radius 1 is 1.00 bits per heavy atom. The van der Waals surface area contributed by atoms with E-state index in [2.05, 4.69) is 15.6 Å². The molecule has 0 fully saturated rings. The summed E-state index contributed by atoms with van der Waals surface area (Å²) in [6, 6.07) is 16.8. The van der Waals surface area contributed by atoms with Gasteiger partial charge in [0.25, 0.3) is 11.8 Å². The molecular weight excluding hydrogens is 302 g/mol. The van der Waals surface area contributed by atoms with Crippen molar-refractivity contribution in [3.05, 3.63) is 71.4 Å². The summed E-state index contributed by atoms with van der Waals surface area (Å²) in [7, 11) is 1.59. The zero-order valence-electron chi connectivity index (χ0n) is 13.6. The minimum atomic E-state index is -0.177. The number of amides is 2. The van der Waals surface area contributed by atoms with Crippen LogP contribution in [0.4, 0.5) is 0 Å². The molecular formula is C19H19N3O2. The fourth-order valence-corrected chi connectivity index (χ4v) is 2.64. The summed E-state index contributed by atoms with van der Waals surface area (Å²) < 4.78 is 0. The molecule has 5 heteroatoms. The van der Waals surface area contributed by atoms with Gasteiger partial charge in [0.05, 0.1) is 6.04 Å². The van der Waals surface area contributed by atoms with Crippen molar-refractivity contribution in [2.75, 3.05) is 7.05 Å². The van der Waals surface area contributed by atoms with Gasteiger partial charge in [-0.3, -0.25) is 9.59 Å². The first-order chi connectivity index (χ1) is 11.6. The smallest absolute Gasteiger partial charge is 0.268 e. The SMILES string of the molecule is CNC(=O)c1ccc2[nH]c(C(=O)NC(C)c3ccccc3)cc2c1. The Labute approximate surface area is 140 Å². The lowest BCUT2D eigenvalue weighted by Crippen LogP contribution is -2.26. The Hall–Kier alpha value is -3.08. The Morgan fingerprint density at radius 2 is 1.75 bits per heavy atom. The van der Waals surface area contributed by atoms with Crippen molar-refractivity contribution in [3.63, 3.8) is 0 Å². The first-order valence-corrected chi connectivity index (χ1v) is 7.79. The number of rotatable bonds is 4. The van der Waals surface area contributed by atoms with Crippen LogP contribution in [0, 0.1) is 0 Å². The molecule has 0 saturated carbocycles. The lowest BCUT2D eigenvalue weighted by atomic mass is 10.1. The van der Waals surface area contributed by atoms with Gasteiger partial charge in [0, 0.05) is 23.5 Å². The normalized spacial score (nSPS) is 11.9. The van der Waals surface area contributed by atoms with E-state index in [4.69, 9.17) is 0 Å². The lowest BCUT2D eigenvalue weighted by molar-refractivity contribution is 0.0933. The molecule has 3 aromatic rings. The minimum absolute atomic E-state index is 0.0912. The van der Waals surface area contributed by atoms with Crippen molar-refractivity contribution >= 4 is 22.7 Å². The summed E-state index contributed by atoms with van der Waals surface area (Å²) in [6.45, 7) is 1.94. The Morgan fingerprint density at radius 3 is 2.46 bits per heavy atom. The second-order valence-electron chi connectivity index (χ2n) is 5.67. The van der Waals surface area contributed by atoms with Gasteiger partial charge in [-0.1, -0.05) is 30.3 Å². The van der Waals surface area contributed by atoms with E-state index >= 15 is 0 Å². The molecule has 0 aliphatic heterocycles. The molecule has 24 heavy (non-hydrogen) atoms. The molecule has 2 aromatic carbocycles. The largest absolute Gasteiger partial charge is 0.355 e. The summed E-state index contributed by atoms with van der Waals surface area (Å²) in [5.41, 5.74) is 2.90. The van der Waals surface area contributed by atoms with Crippen LogP contribution in [-0.4, -0.2) is 23.8 Å². The molecule has 0 aliphatic carbocycles. The van der Waals surface area contributed by atoms with Crippen LogP contribution in [0.2, 0.25) is 0 Å². The number of nitrogens with one attached hydrogen (secondary N) is 3. The van der Waals surface area contributed by atoms with Gasteiger partial charge in [0.2, 0.25) is 0 Å². The highest BCUT2D eigenvalue weighted by atomic mass is 16.2. The van der Waals surface area contributed by atoms with Crippen molar-refractivity contribution in [2.24, 2.45) is 0 Å². The van der Waals surface area contributed by atoms with Gasteiger partial charge in [-0.2, -0.15) is 0 Å². The lowest BCUT2D eigenvalue weighted by Gasteiger charge is -2.13. The average Bonchev–Trinajstić information content (AvgIpc) is 3.05. The summed E-state index contributed by atoms with van der Waals surface area (Å²) in [6.07, 6.45) is 0. The predicted molar refractivity (Wildman–Crippen MR) is 94.0 cm³/mol. The molecule has 122 valence electrons. The second-order valence-corrected chi connectivity index (χ2v) is 5.67. The van der Waals surface area contributed by atoms with Crippen LogP contribution in [0.1, 0.15) is 39.4 Å². The fraction of sp³-hybridized carbons (Fsp3) is 0.158. The number of carbonyl (C=O) groups excluding carboxylic acids is 2. The van der Waals surface area contributed by atoms with E-state index in [0.717, 1.165) is 16.5 Å². The standard InChI is InChI=1S/C19H19N3O2/c1-12(13-6-4-3-5-7-13)21-19(24)17-11-15-10-14(18(23)20-2)8-9-16(15)22-17/h3-12,22H,1-2H3,(H,20,23)(H,21,24). The third-order valence-corrected chi connectivity index (χ3v) is 4.00. The topological polar surface area (TPSA) is 74.0 Å². The van der Waals surface area contributed by atoms with Gasteiger partial charge in [0.1, 0.15) is 5.69 Å². The first kappa shape index (κ1) is 15.8. The Balaban J connectivity index is 1.81. The number of hydrogen-bond donors (Lipinski definition) is 3. The van der Waals surface area contributed by atoms with Crippen LogP contribution in [0.25, 0.3) is 10.9 Å². The molecule has 1 aromatic heterocycles. The maximum absolute atomic E-state index is 12.5. The summed E-state index contributed by atoms with van der Waals surface area (Å²) in [5, 5.41) is 6.39. The van der Waals surface area contributed by atoms with E-state index in [1.54, 1.807) is 31.3 Å². The Bertz CT molecular complexity index is 884. The molecule has 5 nitrogen and oxygen atoms in total. The van der Waals surface area contributed by atoms with Gasteiger partial charge in [-0.25, -0.2) is 0 Å². The van der Waals surface area contributed by atoms with Crippen LogP contribution < -0.4 is 10.6 Å². The number of fused-ring (bicyclic) bond motifs is 1. The van der Waals surface area contributed by atoms with Crippen LogP contribution in [-0.2, 0) is 0 Å². The van der Waals surface area contributed by atoms with Gasteiger partial charge in [-0.15, -0.1) is 0 Å².